The number of aliphatic carboxylic acids is 2. The van der Waals surface area contributed by atoms with Crippen molar-refractivity contribution in [3.63, 3.8) is 0 Å². The zero-order valence-electron chi connectivity index (χ0n) is 9.84. The first-order chi connectivity index (χ1) is 8.40. The fourth-order valence-electron chi connectivity index (χ4n) is 1.59. The molecular weight excluding hydrogens is 241 g/mol. The molecule has 6 heteroatoms. The molecule has 2 N–H and O–H groups in total. The van der Waals surface area contributed by atoms with E-state index in [2.05, 4.69) is 0 Å². The van der Waals surface area contributed by atoms with E-state index >= 15 is 0 Å². The van der Waals surface area contributed by atoms with Gasteiger partial charge in [-0.05, 0) is 24.7 Å². The Bertz CT molecular complexity index is 432. The Kier molecular flexibility index (Phi) is 4.79. The largest absolute Gasteiger partial charge is 0.481 e. The average molecular weight is 255 g/mol. The standard InChI is InChI=1S/C12H14FNO4/c1-14(10(12(17)18)6-11(15)16)7-8-2-4-9(13)5-3-8/h2-5,10H,6-7H2,1H3,(H,15,16)(H,17,18). The van der Waals surface area contributed by atoms with Gasteiger partial charge in [-0.25, -0.2) is 4.39 Å². The van der Waals surface area contributed by atoms with Crippen LogP contribution in [-0.4, -0.2) is 40.1 Å². The summed E-state index contributed by atoms with van der Waals surface area (Å²) in [5, 5.41) is 17.6. The maximum atomic E-state index is 12.7. The van der Waals surface area contributed by atoms with Crippen molar-refractivity contribution in [2.24, 2.45) is 0 Å². The Balaban J connectivity index is 2.72. The topological polar surface area (TPSA) is 77.8 Å². The fourth-order valence-corrected chi connectivity index (χ4v) is 1.59. The van der Waals surface area contributed by atoms with Gasteiger partial charge >= 0.3 is 11.9 Å². The van der Waals surface area contributed by atoms with Crippen molar-refractivity contribution in [2.45, 2.75) is 19.0 Å². The maximum absolute atomic E-state index is 12.7. The normalized spacial score (nSPS) is 12.4. The third-order valence-corrected chi connectivity index (χ3v) is 2.53. The van der Waals surface area contributed by atoms with Crippen LogP contribution >= 0.6 is 0 Å². The molecule has 5 nitrogen and oxygen atoms in total. The highest BCUT2D eigenvalue weighted by Crippen LogP contribution is 2.10. The summed E-state index contributed by atoms with van der Waals surface area (Å²) in [6.07, 6.45) is -0.479. The summed E-state index contributed by atoms with van der Waals surface area (Å²) in [5.74, 6) is -2.74. The van der Waals surface area contributed by atoms with Gasteiger partial charge in [0.2, 0.25) is 0 Å². The van der Waals surface area contributed by atoms with Gasteiger partial charge < -0.3 is 10.2 Å². The highest BCUT2D eigenvalue weighted by atomic mass is 19.1. The highest BCUT2D eigenvalue weighted by molar-refractivity contribution is 5.80. The predicted molar refractivity (Wildman–Crippen MR) is 61.5 cm³/mol. The lowest BCUT2D eigenvalue weighted by molar-refractivity contribution is -0.149. The lowest BCUT2D eigenvalue weighted by atomic mass is 10.1. The zero-order valence-corrected chi connectivity index (χ0v) is 9.84. The van der Waals surface area contributed by atoms with Gasteiger partial charge in [0.15, 0.2) is 0 Å². The van der Waals surface area contributed by atoms with Crippen LogP contribution in [-0.2, 0) is 16.1 Å². The monoisotopic (exact) mass is 255 g/mol. The predicted octanol–water partition coefficient (Wildman–Crippen LogP) is 1.19. The molecule has 98 valence electrons. The molecule has 0 spiro atoms. The molecule has 1 rings (SSSR count). The van der Waals surface area contributed by atoms with Gasteiger partial charge in [0, 0.05) is 6.54 Å². The van der Waals surface area contributed by atoms with Crippen molar-refractivity contribution >= 4 is 11.9 Å². The second-order valence-electron chi connectivity index (χ2n) is 3.99. The van der Waals surface area contributed by atoms with E-state index in [4.69, 9.17) is 10.2 Å². The lowest BCUT2D eigenvalue weighted by Gasteiger charge is -2.23. The quantitative estimate of drug-likeness (QED) is 0.798. The number of carboxylic acids is 2. The molecule has 1 atom stereocenters. The molecular formula is C12H14FNO4. The van der Waals surface area contributed by atoms with Gasteiger partial charge in [-0.2, -0.15) is 0 Å². The first-order valence-corrected chi connectivity index (χ1v) is 5.29. The van der Waals surface area contributed by atoms with Gasteiger partial charge in [0.25, 0.3) is 0 Å². The number of carboxylic acid groups (broad SMARTS) is 2. The van der Waals surface area contributed by atoms with Crippen LogP contribution < -0.4 is 0 Å². The second-order valence-corrected chi connectivity index (χ2v) is 3.99. The molecule has 1 unspecified atom stereocenters. The average Bonchev–Trinajstić information content (AvgIpc) is 2.28. The molecule has 0 aliphatic carbocycles. The number of likely N-dealkylation sites (N-methyl/N-ethyl adjacent to an activating group) is 1. The molecule has 1 aromatic rings. The Hall–Kier alpha value is -1.95. The molecule has 0 saturated heterocycles. The Morgan fingerprint density at radius 1 is 1.28 bits per heavy atom. The minimum absolute atomic E-state index is 0.241. The maximum Gasteiger partial charge on any atom is 0.321 e. The van der Waals surface area contributed by atoms with Crippen LogP contribution in [0, 0.1) is 5.82 Å². The van der Waals surface area contributed by atoms with Crippen LogP contribution in [0.2, 0.25) is 0 Å². The summed E-state index contributed by atoms with van der Waals surface area (Å²) in [6, 6.07) is 4.51. The third-order valence-electron chi connectivity index (χ3n) is 2.53. The molecule has 0 saturated carbocycles. The lowest BCUT2D eigenvalue weighted by Crippen LogP contribution is -2.39. The van der Waals surface area contributed by atoms with Crippen molar-refractivity contribution in [1.29, 1.82) is 0 Å². The zero-order chi connectivity index (χ0) is 13.7. The van der Waals surface area contributed by atoms with Crippen molar-refractivity contribution in [2.75, 3.05) is 7.05 Å². The van der Waals surface area contributed by atoms with Crippen molar-refractivity contribution in [3.05, 3.63) is 35.6 Å². The first kappa shape index (κ1) is 14.1. The van der Waals surface area contributed by atoms with Crippen LogP contribution in [0.5, 0.6) is 0 Å². The number of nitrogens with zero attached hydrogens (tertiary/aromatic N) is 1. The van der Waals surface area contributed by atoms with Crippen LogP contribution in [0.25, 0.3) is 0 Å². The second kappa shape index (κ2) is 6.11. The SMILES string of the molecule is CN(Cc1ccc(F)cc1)C(CC(=O)O)C(=O)O. The van der Waals surface area contributed by atoms with E-state index in [1.54, 1.807) is 0 Å². The van der Waals surface area contributed by atoms with Crippen LogP contribution in [0.3, 0.4) is 0 Å². The summed E-state index contributed by atoms with van der Waals surface area (Å²) in [5.41, 5.74) is 0.718. The van der Waals surface area contributed by atoms with E-state index in [0.29, 0.717) is 0 Å². The van der Waals surface area contributed by atoms with Crippen LogP contribution in [0.4, 0.5) is 4.39 Å². The third kappa shape index (κ3) is 4.14. The number of carbonyl (C=O) groups is 2. The summed E-state index contributed by atoms with van der Waals surface area (Å²) in [6.45, 7) is 0.241. The number of hydrogen-bond donors (Lipinski definition) is 2. The Morgan fingerprint density at radius 3 is 2.28 bits per heavy atom. The van der Waals surface area contributed by atoms with E-state index in [1.165, 1.54) is 36.2 Å². The van der Waals surface area contributed by atoms with Crippen LogP contribution in [0.1, 0.15) is 12.0 Å². The fraction of sp³-hybridized carbons (Fsp3) is 0.333. The summed E-state index contributed by atoms with van der Waals surface area (Å²) in [4.78, 5) is 22.9. The smallest absolute Gasteiger partial charge is 0.321 e. The van der Waals surface area contributed by atoms with Gasteiger partial charge in [0.05, 0.1) is 6.42 Å². The van der Waals surface area contributed by atoms with E-state index in [1.807, 2.05) is 0 Å². The van der Waals surface area contributed by atoms with E-state index in [0.717, 1.165) is 5.56 Å². The number of hydrogen-bond acceptors (Lipinski definition) is 3. The van der Waals surface area contributed by atoms with Crippen molar-refractivity contribution < 1.29 is 24.2 Å². The molecule has 0 aromatic heterocycles. The highest BCUT2D eigenvalue weighted by Gasteiger charge is 2.25. The molecule has 0 radical (unpaired) electrons. The van der Waals surface area contributed by atoms with E-state index < -0.39 is 24.4 Å². The van der Waals surface area contributed by atoms with Crippen LogP contribution in [0.15, 0.2) is 24.3 Å². The Labute approximate surface area is 103 Å². The Morgan fingerprint density at radius 2 is 1.83 bits per heavy atom. The molecule has 1 aromatic carbocycles. The van der Waals surface area contributed by atoms with E-state index in [9.17, 15) is 14.0 Å². The first-order valence-electron chi connectivity index (χ1n) is 5.29. The molecule has 0 fully saturated rings. The van der Waals surface area contributed by atoms with Gasteiger partial charge in [-0.3, -0.25) is 14.5 Å². The van der Waals surface area contributed by atoms with Gasteiger partial charge in [-0.1, -0.05) is 12.1 Å². The summed E-state index contributed by atoms with van der Waals surface area (Å²) >= 11 is 0. The minimum atomic E-state index is -1.19. The van der Waals surface area contributed by atoms with Crippen molar-refractivity contribution in [1.82, 2.24) is 4.90 Å². The number of halogens is 1. The molecule has 0 aliphatic rings. The molecule has 0 bridgehead atoms. The van der Waals surface area contributed by atoms with E-state index in [-0.39, 0.29) is 12.4 Å². The molecule has 0 heterocycles. The molecule has 0 amide bonds. The molecule has 0 aliphatic heterocycles. The summed E-state index contributed by atoms with van der Waals surface area (Å²) < 4.78 is 12.7. The number of rotatable bonds is 6. The van der Waals surface area contributed by atoms with Gasteiger partial charge in [0.1, 0.15) is 11.9 Å². The van der Waals surface area contributed by atoms with Gasteiger partial charge in [-0.15, -0.1) is 0 Å². The van der Waals surface area contributed by atoms with Crippen molar-refractivity contribution in [3.8, 4) is 0 Å². The number of benzene rings is 1. The molecule has 18 heavy (non-hydrogen) atoms. The summed E-state index contributed by atoms with van der Waals surface area (Å²) in [7, 11) is 1.52. The minimum Gasteiger partial charge on any atom is -0.481 e.